The Hall–Kier alpha value is -3.34. The molecule has 3 aromatic carbocycles. The maximum atomic E-state index is 12.6. The number of fused-ring (bicyclic) bond motifs is 1. The molecule has 1 atom stereocenters. The molecule has 4 rings (SSSR count). The lowest BCUT2D eigenvalue weighted by atomic mass is 10.1. The SMILES string of the molecule is COc1cccc(N2C[C@H](NC(=O)c3ccc4ccccc4c3)CC2=O)c1. The second kappa shape index (κ2) is 7.11. The van der Waals surface area contributed by atoms with E-state index in [0.29, 0.717) is 17.9 Å². The van der Waals surface area contributed by atoms with E-state index in [9.17, 15) is 9.59 Å². The van der Waals surface area contributed by atoms with Crippen molar-refractivity contribution in [1.29, 1.82) is 0 Å². The first-order valence-electron chi connectivity index (χ1n) is 8.88. The van der Waals surface area contributed by atoms with E-state index < -0.39 is 0 Å². The van der Waals surface area contributed by atoms with Crippen LogP contribution in [0.15, 0.2) is 66.7 Å². The van der Waals surface area contributed by atoms with Crippen LogP contribution >= 0.6 is 0 Å². The van der Waals surface area contributed by atoms with E-state index >= 15 is 0 Å². The number of methoxy groups -OCH3 is 1. The summed E-state index contributed by atoms with van der Waals surface area (Å²) in [5.74, 6) is 0.530. The van der Waals surface area contributed by atoms with Gasteiger partial charge in [-0.3, -0.25) is 9.59 Å². The first-order valence-corrected chi connectivity index (χ1v) is 8.88. The third kappa shape index (κ3) is 3.49. The van der Waals surface area contributed by atoms with Gasteiger partial charge in [0.2, 0.25) is 5.91 Å². The number of carbonyl (C=O) groups is 2. The third-order valence-corrected chi connectivity index (χ3v) is 4.84. The van der Waals surface area contributed by atoms with E-state index in [-0.39, 0.29) is 24.3 Å². The van der Waals surface area contributed by atoms with Crippen molar-refractivity contribution >= 4 is 28.3 Å². The molecule has 27 heavy (non-hydrogen) atoms. The van der Waals surface area contributed by atoms with Gasteiger partial charge in [0.25, 0.3) is 5.91 Å². The van der Waals surface area contributed by atoms with Gasteiger partial charge in [0, 0.05) is 30.3 Å². The molecule has 5 nitrogen and oxygen atoms in total. The Morgan fingerprint density at radius 3 is 2.67 bits per heavy atom. The number of benzene rings is 3. The molecule has 3 aromatic rings. The van der Waals surface area contributed by atoms with Crippen LogP contribution in [0, 0.1) is 0 Å². The standard InChI is InChI=1S/C22H20N2O3/c1-27-20-8-4-7-19(13-20)24-14-18(12-21(24)25)23-22(26)17-10-9-15-5-2-3-6-16(15)11-17/h2-11,13,18H,12,14H2,1H3,(H,23,26)/t18-/m1/s1. The Balaban J connectivity index is 1.47. The van der Waals surface area contributed by atoms with Crippen molar-refractivity contribution in [1.82, 2.24) is 5.32 Å². The lowest BCUT2D eigenvalue weighted by Gasteiger charge is -2.18. The molecule has 0 bridgehead atoms. The van der Waals surface area contributed by atoms with Gasteiger partial charge in [0.05, 0.1) is 13.2 Å². The van der Waals surface area contributed by atoms with E-state index in [0.717, 1.165) is 16.5 Å². The summed E-state index contributed by atoms with van der Waals surface area (Å²) in [4.78, 5) is 26.7. The third-order valence-electron chi connectivity index (χ3n) is 4.84. The molecule has 1 fully saturated rings. The average Bonchev–Trinajstić information content (AvgIpc) is 3.07. The van der Waals surface area contributed by atoms with Gasteiger partial charge in [-0.2, -0.15) is 0 Å². The summed E-state index contributed by atoms with van der Waals surface area (Å²) < 4.78 is 5.23. The summed E-state index contributed by atoms with van der Waals surface area (Å²) in [5.41, 5.74) is 1.38. The Morgan fingerprint density at radius 1 is 1.04 bits per heavy atom. The van der Waals surface area contributed by atoms with Crippen LogP contribution in [0.1, 0.15) is 16.8 Å². The molecule has 1 heterocycles. The molecule has 2 amide bonds. The largest absolute Gasteiger partial charge is 0.497 e. The molecule has 1 N–H and O–H groups in total. The lowest BCUT2D eigenvalue weighted by Crippen LogP contribution is -2.37. The molecule has 5 heteroatoms. The quantitative estimate of drug-likeness (QED) is 0.776. The Labute approximate surface area is 157 Å². The Morgan fingerprint density at radius 2 is 1.85 bits per heavy atom. The first kappa shape index (κ1) is 17.1. The summed E-state index contributed by atoms with van der Waals surface area (Å²) in [6, 6.07) is 20.7. The van der Waals surface area contributed by atoms with Gasteiger partial charge in [-0.15, -0.1) is 0 Å². The zero-order chi connectivity index (χ0) is 18.8. The number of rotatable bonds is 4. The molecule has 0 saturated carbocycles. The molecule has 0 aliphatic carbocycles. The van der Waals surface area contributed by atoms with Crippen molar-refractivity contribution in [3.63, 3.8) is 0 Å². The number of amides is 2. The van der Waals surface area contributed by atoms with Crippen LogP contribution < -0.4 is 15.0 Å². The molecular weight excluding hydrogens is 340 g/mol. The highest BCUT2D eigenvalue weighted by atomic mass is 16.5. The molecule has 1 aliphatic rings. The van der Waals surface area contributed by atoms with Crippen LogP contribution in [0.3, 0.4) is 0 Å². The summed E-state index contributed by atoms with van der Waals surface area (Å²) in [6.07, 6.45) is 0.288. The van der Waals surface area contributed by atoms with E-state index in [1.165, 1.54) is 0 Å². The smallest absolute Gasteiger partial charge is 0.251 e. The summed E-state index contributed by atoms with van der Waals surface area (Å²) in [6.45, 7) is 0.450. The van der Waals surface area contributed by atoms with Crippen LogP contribution in [-0.4, -0.2) is 31.5 Å². The number of anilines is 1. The monoisotopic (exact) mass is 360 g/mol. The normalized spacial score (nSPS) is 16.6. The zero-order valence-corrected chi connectivity index (χ0v) is 15.0. The number of nitrogens with zero attached hydrogens (tertiary/aromatic N) is 1. The summed E-state index contributed by atoms with van der Waals surface area (Å²) in [5, 5.41) is 5.10. The highest BCUT2D eigenvalue weighted by Crippen LogP contribution is 2.25. The summed E-state index contributed by atoms with van der Waals surface area (Å²) >= 11 is 0. The molecule has 0 spiro atoms. The van der Waals surface area contributed by atoms with Crippen molar-refractivity contribution < 1.29 is 14.3 Å². The fraction of sp³-hybridized carbons (Fsp3) is 0.182. The van der Waals surface area contributed by atoms with Gasteiger partial charge >= 0.3 is 0 Å². The second-order valence-corrected chi connectivity index (χ2v) is 6.64. The maximum absolute atomic E-state index is 12.6. The lowest BCUT2D eigenvalue weighted by molar-refractivity contribution is -0.117. The molecule has 1 saturated heterocycles. The average molecular weight is 360 g/mol. The maximum Gasteiger partial charge on any atom is 0.251 e. The number of nitrogens with one attached hydrogen (secondary N) is 1. The number of hydrogen-bond acceptors (Lipinski definition) is 3. The molecule has 0 unspecified atom stereocenters. The van der Waals surface area contributed by atoms with Crippen molar-refractivity contribution in [3.05, 3.63) is 72.3 Å². The Bertz CT molecular complexity index is 1020. The topological polar surface area (TPSA) is 58.6 Å². The second-order valence-electron chi connectivity index (χ2n) is 6.64. The Kier molecular flexibility index (Phi) is 4.50. The number of ether oxygens (including phenoxy) is 1. The molecule has 1 aliphatic heterocycles. The molecule has 0 aromatic heterocycles. The van der Waals surface area contributed by atoms with Crippen molar-refractivity contribution in [2.24, 2.45) is 0 Å². The minimum atomic E-state index is -0.220. The van der Waals surface area contributed by atoms with Crippen LogP contribution in [0.4, 0.5) is 5.69 Å². The summed E-state index contributed by atoms with van der Waals surface area (Å²) in [7, 11) is 1.59. The van der Waals surface area contributed by atoms with Crippen molar-refractivity contribution in [3.8, 4) is 5.75 Å². The zero-order valence-electron chi connectivity index (χ0n) is 15.0. The number of carbonyl (C=O) groups excluding carboxylic acids is 2. The predicted molar refractivity (Wildman–Crippen MR) is 105 cm³/mol. The van der Waals surface area contributed by atoms with Gasteiger partial charge in [-0.05, 0) is 35.0 Å². The predicted octanol–water partition coefficient (Wildman–Crippen LogP) is 3.38. The van der Waals surface area contributed by atoms with E-state index in [2.05, 4.69) is 5.32 Å². The highest BCUT2D eigenvalue weighted by Gasteiger charge is 2.31. The van der Waals surface area contributed by atoms with Gasteiger partial charge in [0.1, 0.15) is 5.75 Å². The van der Waals surface area contributed by atoms with Crippen LogP contribution in [-0.2, 0) is 4.79 Å². The van der Waals surface area contributed by atoms with E-state index in [1.807, 2.05) is 66.7 Å². The van der Waals surface area contributed by atoms with Crippen LogP contribution in [0.25, 0.3) is 10.8 Å². The van der Waals surface area contributed by atoms with Gasteiger partial charge in [-0.1, -0.05) is 36.4 Å². The fourth-order valence-corrected chi connectivity index (χ4v) is 3.43. The van der Waals surface area contributed by atoms with Crippen LogP contribution in [0.2, 0.25) is 0 Å². The number of hydrogen-bond donors (Lipinski definition) is 1. The minimum absolute atomic E-state index is 0.00735. The van der Waals surface area contributed by atoms with Crippen LogP contribution in [0.5, 0.6) is 5.75 Å². The fourth-order valence-electron chi connectivity index (χ4n) is 3.43. The molecule has 136 valence electrons. The minimum Gasteiger partial charge on any atom is -0.497 e. The van der Waals surface area contributed by atoms with E-state index in [1.54, 1.807) is 12.0 Å². The van der Waals surface area contributed by atoms with Crippen molar-refractivity contribution in [2.75, 3.05) is 18.6 Å². The highest BCUT2D eigenvalue weighted by molar-refractivity contribution is 6.01. The first-order chi connectivity index (χ1) is 13.1. The molecule has 0 radical (unpaired) electrons. The molecular formula is C22H20N2O3. The van der Waals surface area contributed by atoms with Gasteiger partial charge in [0.15, 0.2) is 0 Å². The van der Waals surface area contributed by atoms with Gasteiger partial charge < -0.3 is 15.0 Å². The van der Waals surface area contributed by atoms with Gasteiger partial charge in [-0.25, -0.2) is 0 Å². The van der Waals surface area contributed by atoms with Crippen molar-refractivity contribution in [2.45, 2.75) is 12.5 Å². The van der Waals surface area contributed by atoms with E-state index in [4.69, 9.17) is 4.74 Å².